The van der Waals surface area contributed by atoms with Gasteiger partial charge < -0.3 is 9.47 Å². The summed E-state index contributed by atoms with van der Waals surface area (Å²) in [5.41, 5.74) is 0. The van der Waals surface area contributed by atoms with Crippen molar-refractivity contribution in [3.63, 3.8) is 0 Å². The van der Waals surface area contributed by atoms with Crippen LogP contribution in [0.15, 0.2) is 0 Å². The fraction of sp³-hybridized carbons (Fsp3) is 0.929. The summed E-state index contributed by atoms with van der Waals surface area (Å²) in [6.07, 6.45) is 8.43. The summed E-state index contributed by atoms with van der Waals surface area (Å²) in [6.45, 7) is 6.24. The molecule has 1 saturated carbocycles. The van der Waals surface area contributed by atoms with Gasteiger partial charge in [0, 0.05) is 25.9 Å². The van der Waals surface area contributed by atoms with E-state index in [4.69, 9.17) is 9.47 Å². The van der Waals surface area contributed by atoms with Crippen LogP contribution in [-0.2, 0) is 14.3 Å². The normalized spacial score (nSPS) is 26.9. The van der Waals surface area contributed by atoms with Crippen molar-refractivity contribution in [3.8, 4) is 0 Å². The van der Waals surface area contributed by atoms with Crippen LogP contribution in [0.1, 0.15) is 65.7 Å². The highest BCUT2D eigenvalue weighted by Gasteiger charge is 2.58. The van der Waals surface area contributed by atoms with Gasteiger partial charge in [0.25, 0.3) is 0 Å². The van der Waals surface area contributed by atoms with E-state index in [2.05, 4.69) is 6.92 Å². The Morgan fingerprint density at radius 1 is 1.24 bits per heavy atom. The first-order valence-electron chi connectivity index (χ1n) is 6.98. The van der Waals surface area contributed by atoms with Gasteiger partial charge in [0.1, 0.15) is 0 Å². The Labute approximate surface area is 105 Å². The number of ether oxygens (including phenoxy) is 2. The molecule has 3 nitrogen and oxygen atoms in total. The maximum Gasteiger partial charge on any atom is 0.305 e. The van der Waals surface area contributed by atoms with Gasteiger partial charge in [0.15, 0.2) is 0 Å². The van der Waals surface area contributed by atoms with Gasteiger partial charge >= 0.3 is 5.97 Å². The molecule has 1 aliphatic carbocycles. The van der Waals surface area contributed by atoms with Crippen molar-refractivity contribution in [3.05, 3.63) is 0 Å². The van der Waals surface area contributed by atoms with E-state index in [1.54, 1.807) is 0 Å². The number of rotatable bonds is 9. The molecule has 2 atom stereocenters. The molecule has 0 bridgehead atoms. The summed E-state index contributed by atoms with van der Waals surface area (Å²) in [4.78, 5) is 11.0. The fourth-order valence-corrected chi connectivity index (χ4v) is 2.42. The van der Waals surface area contributed by atoms with Gasteiger partial charge in [-0.15, -0.1) is 0 Å². The standard InChI is InChI=1S/C14H26O3/c1-4-6-7-8-9-10-13-11-14(13,16-5-2)17-12(3)15/h13H,4-11H2,1-3H3/t13-,14-/m0/s1. The number of hydrogen-bond donors (Lipinski definition) is 0. The SMILES string of the molecule is CCCCCCC[C@H]1C[C@]1(OCC)OC(C)=O. The van der Waals surface area contributed by atoms with Crippen molar-refractivity contribution in [1.29, 1.82) is 0 Å². The molecular weight excluding hydrogens is 216 g/mol. The summed E-state index contributed by atoms with van der Waals surface area (Å²) >= 11 is 0. The number of esters is 1. The molecule has 0 aromatic heterocycles. The predicted octanol–water partition coefficient (Wildman–Crippen LogP) is 3.66. The second kappa shape index (κ2) is 7.00. The van der Waals surface area contributed by atoms with Gasteiger partial charge in [0.2, 0.25) is 5.79 Å². The van der Waals surface area contributed by atoms with Crippen molar-refractivity contribution in [1.82, 2.24) is 0 Å². The van der Waals surface area contributed by atoms with Crippen LogP contribution >= 0.6 is 0 Å². The van der Waals surface area contributed by atoms with E-state index in [1.807, 2.05) is 6.92 Å². The number of carbonyl (C=O) groups excluding carboxylic acids is 1. The maximum atomic E-state index is 11.0. The second-order valence-electron chi connectivity index (χ2n) is 4.94. The van der Waals surface area contributed by atoms with E-state index in [9.17, 15) is 4.79 Å². The molecule has 0 unspecified atom stereocenters. The van der Waals surface area contributed by atoms with Crippen LogP contribution in [0.2, 0.25) is 0 Å². The molecule has 17 heavy (non-hydrogen) atoms. The molecule has 0 amide bonds. The first-order valence-corrected chi connectivity index (χ1v) is 6.98. The van der Waals surface area contributed by atoms with Gasteiger partial charge in [0.05, 0.1) is 0 Å². The first kappa shape index (κ1) is 14.5. The van der Waals surface area contributed by atoms with Crippen LogP contribution in [0.25, 0.3) is 0 Å². The molecule has 100 valence electrons. The van der Waals surface area contributed by atoms with Crippen LogP contribution in [0.3, 0.4) is 0 Å². The molecule has 1 rings (SSSR count). The Morgan fingerprint density at radius 3 is 2.53 bits per heavy atom. The zero-order chi connectivity index (χ0) is 12.7. The minimum Gasteiger partial charge on any atom is -0.433 e. The van der Waals surface area contributed by atoms with Crippen molar-refractivity contribution >= 4 is 5.97 Å². The van der Waals surface area contributed by atoms with E-state index in [0.29, 0.717) is 12.5 Å². The second-order valence-corrected chi connectivity index (χ2v) is 4.94. The molecule has 0 aromatic rings. The lowest BCUT2D eigenvalue weighted by molar-refractivity contribution is -0.191. The minimum atomic E-state index is -0.564. The summed E-state index contributed by atoms with van der Waals surface area (Å²) in [7, 11) is 0. The van der Waals surface area contributed by atoms with Gasteiger partial charge in [-0.3, -0.25) is 4.79 Å². The third kappa shape index (κ3) is 4.66. The summed E-state index contributed by atoms with van der Waals surface area (Å²) < 4.78 is 10.9. The highest BCUT2D eigenvalue weighted by Crippen LogP contribution is 2.50. The van der Waals surface area contributed by atoms with Crippen molar-refractivity contribution in [2.75, 3.05) is 6.61 Å². The van der Waals surface area contributed by atoms with E-state index < -0.39 is 5.79 Å². The molecule has 1 aliphatic rings. The quantitative estimate of drug-likeness (QED) is 0.351. The molecule has 0 aromatic carbocycles. The number of carbonyl (C=O) groups is 1. The smallest absolute Gasteiger partial charge is 0.305 e. The minimum absolute atomic E-state index is 0.230. The molecule has 0 heterocycles. The van der Waals surface area contributed by atoms with Crippen LogP contribution < -0.4 is 0 Å². The largest absolute Gasteiger partial charge is 0.433 e. The van der Waals surface area contributed by atoms with Crippen LogP contribution in [-0.4, -0.2) is 18.4 Å². The third-order valence-corrected chi connectivity index (χ3v) is 3.35. The Hall–Kier alpha value is -0.570. The lowest BCUT2D eigenvalue weighted by Crippen LogP contribution is -2.24. The maximum absolute atomic E-state index is 11.0. The van der Waals surface area contributed by atoms with Crippen LogP contribution in [0.5, 0.6) is 0 Å². The van der Waals surface area contributed by atoms with E-state index in [-0.39, 0.29) is 5.97 Å². The molecule has 0 radical (unpaired) electrons. The Kier molecular flexibility index (Phi) is 5.96. The Bertz CT molecular complexity index is 240. The molecular formula is C14H26O3. The predicted molar refractivity (Wildman–Crippen MR) is 67.6 cm³/mol. The van der Waals surface area contributed by atoms with Crippen LogP contribution in [0, 0.1) is 5.92 Å². The van der Waals surface area contributed by atoms with Gasteiger partial charge in [-0.2, -0.15) is 0 Å². The van der Waals surface area contributed by atoms with Gasteiger partial charge in [-0.25, -0.2) is 0 Å². The zero-order valence-electron chi connectivity index (χ0n) is 11.5. The van der Waals surface area contributed by atoms with Crippen LogP contribution in [0.4, 0.5) is 0 Å². The molecule has 0 aliphatic heterocycles. The topological polar surface area (TPSA) is 35.5 Å². The fourth-order valence-electron chi connectivity index (χ4n) is 2.42. The van der Waals surface area contributed by atoms with E-state index in [1.165, 1.54) is 39.0 Å². The summed E-state index contributed by atoms with van der Waals surface area (Å²) in [6, 6.07) is 0. The molecule has 0 spiro atoms. The zero-order valence-corrected chi connectivity index (χ0v) is 11.5. The van der Waals surface area contributed by atoms with E-state index in [0.717, 1.165) is 12.8 Å². The third-order valence-electron chi connectivity index (χ3n) is 3.35. The van der Waals surface area contributed by atoms with Crippen molar-refractivity contribution < 1.29 is 14.3 Å². The van der Waals surface area contributed by atoms with Crippen molar-refractivity contribution in [2.45, 2.75) is 71.5 Å². The number of unbranched alkanes of at least 4 members (excludes halogenated alkanes) is 4. The Balaban J connectivity index is 2.20. The van der Waals surface area contributed by atoms with Gasteiger partial charge in [-0.05, 0) is 13.3 Å². The van der Waals surface area contributed by atoms with Gasteiger partial charge in [-0.1, -0.05) is 39.0 Å². The number of hydrogen-bond acceptors (Lipinski definition) is 3. The Morgan fingerprint density at radius 2 is 1.94 bits per heavy atom. The lowest BCUT2D eigenvalue weighted by atomic mass is 10.1. The molecule has 1 fully saturated rings. The van der Waals surface area contributed by atoms with Crippen molar-refractivity contribution in [2.24, 2.45) is 5.92 Å². The molecule has 3 heteroatoms. The average molecular weight is 242 g/mol. The first-order chi connectivity index (χ1) is 8.14. The lowest BCUT2D eigenvalue weighted by Gasteiger charge is -2.17. The molecule has 0 saturated heterocycles. The monoisotopic (exact) mass is 242 g/mol. The highest BCUT2D eigenvalue weighted by molar-refractivity contribution is 5.66. The summed E-state index contributed by atoms with van der Waals surface area (Å²) in [5.74, 6) is -0.370. The summed E-state index contributed by atoms with van der Waals surface area (Å²) in [5, 5.41) is 0. The average Bonchev–Trinajstić information content (AvgIpc) is 2.90. The highest BCUT2D eigenvalue weighted by atomic mass is 16.7. The molecule has 0 N–H and O–H groups in total. The van der Waals surface area contributed by atoms with E-state index >= 15 is 0 Å².